The van der Waals surface area contributed by atoms with Crippen LogP contribution >= 0.6 is 27.3 Å². The number of nitrogens with one attached hydrogen (secondary N) is 2. The van der Waals surface area contributed by atoms with Crippen LogP contribution in [0.4, 0.5) is 10.5 Å². The van der Waals surface area contributed by atoms with Gasteiger partial charge in [0.15, 0.2) is 6.04 Å². The molecule has 0 radical (unpaired) electrons. The van der Waals surface area contributed by atoms with Gasteiger partial charge in [0, 0.05) is 15.0 Å². The van der Waals surface area contributed by atoms with Crippen LogP contribution in [-0.4, -0.2) is 17.1 Å². The van der Waals surface area contributed by atoms with E-state index in [1.807, 2.05) is 0 Å². The summed E-state index contributed by atoms with van der Waals surface area (Å²) in [6.45, 7) is 0. The summed E-state index contributed by atoms with van der Waals surface area (Å²) in [7, 11) is 0. The minimum Gasteiger partial charge on any atom is -0.479 e. The molecule has 2 amide bonds. The van der Waals surface area contributed by atoms with E-state index in [4.69, 9.17) is 5.11 Å². The van der Waals surface area contributed by atoms with E-state index in [-0.39, 0.29) is 0 Å². The van der Waals surface area contributed by atoms with Crippen molar-refractivity contribution in [3.8, 4) is 0 Å². The number of rotatable bonds is 4. The first-order valence-electron chi connectivity index (χ1n) is 5.65. The number of carbonyl (C=O) groups is 2. The van der Waals surface area contributed by atoms with E-state index in [1.165, 1.54) is 11.3 Å². The molecule has 2 aromatic rings. The average Bonchev–Trinajstić information content (AvgIpc) is 2.92. The molecule has 0 saturated heterocycles. The summed E-state index contributed by atoms with van der Waals surface area (Å²) in [6.07, 6.45) is 0. The third-order valence-corrected chi connectivity index (χ3v) is 3.92. The van der Waals surface area contributed by atoms with Crippen molar-refractivity contribution in [2.45, 2.75) is 6.04 Å². The standard InChI is InChI=1S/C13H11BrN2O3S/c14-8-3-5-9(6-4-8)15-13(19)16-11(12(17)18)10-2-1-7-20-10/h1-7,11H,(H,17,18)(H2,15,16,19). The van der Waals surface area contributed by atoms with Crippen molar-refractivity contribution in [1.82, 2.24) is 5.32 Å². The van der Waals surface area contributed by atoms with Crippen molar-refractivity contribution in [1.29, 1.82) is 0 Å². The monoisotopic (exact) mass is 354 g/mol. The van der Waals surface area contributed by atoms with Gasteiger partial charge in [-0.15, -0.1) is 11.3 Å². The van der Waals surface area contributed by atoms with Gasteiger partial charge in [0.25, 0.3) is 0 Å². The highest BCUT2D eigenvalue weighted by Crippen LogP contribution is 2.19. The Balaban J connectivity index is 2.02. The van der Waals surface area contributed by atoms with E-state index >= 15 is 0 Å². The number of hydrogen-bond acceptors (Lipinski definition) is 3. The van der Waals surface area contributed by atoms with Gasteiger partial charge < -0.3 is 15.7 Å². The number of urea groups is 1. The van der Waals surface area contributed by atoms with Gasteiger partial charge in [0.05, 0.1) is 0 Å². The fourth-order valence-corrected chi connectivity index (χ4v) is 2.57. The Hall–Kier alpha value is -1.86. The molecule has 7 heteroatoms. The van der Waals surface area contributed by atoms with E-state index in [0.717, 1.165) is 4.47 Å². The molecular formula is C13H11BrN2O3S. The molecule has 1 atom stereocenters. The van der Waals surface area contributed by atoms with Crippen LogP contribution in [0.3, 0.4) is 0 Å². The average molecular weight is 355 g/mol. The van der Waals surface area contributed by atoms with E-state index in [1.54, 1.807) is 41.8 Å². The fourth-order valence-electron chi connectivity index (χ4n) is 1.54. The van der Waals surface area contributed by atoms with Crippen LogP contribution in [0.2, 0.25) is 0 Å². The second kappa shape index (κ2) is 6.53. The predicted molar refractivity (Wildman–Crippen MR) is 81.0 cm³/mol. The van der Waals surface area contributed by atoms with Crippen molar-refractivity contribution in [3.05, 3.63) is 51.1 Å². The maximum atomic E-state index is 11.8. The molecule has 1 heterocycles. The molecule has 2 rings (SSSR count). The number of anilines is 1. The van der Waals surface area contributed by atoms with Gasteiger partial charge in [-0.25, -0.2) is 9.59 Å². The molecule has 0 aliphatic heterocycles. The molecule has 1 aromatic heterocycles. The van der Waals surface area contributed by atoms with Crippen LogP contribution in [0.15, 0.2) is 46.3 Å². The van der Waals surface area contributed by atoms with Crippen LogP contribution in [0, 0.1) is 0 Å². The van der Waals surface area contributed by atoms with Gasteiger partial charge in [-0.1, -0.05) is 22.0 Å². The molecule has 0 fully saturated rings. The smallest absolute Gasteiger partial charge is 0.331 e. The maximum absolute atomic E-state index is 11.8. The van der Waals surface area contributed by atoms with Crippen LogP contribution in [0.1, 0.15) is 10.9 Å². The normalized spacial score (nSPS) is 11.7. The molecule has 20 heavy (non-hydrogen) atoms. The molecular weight excluding hydrogens is 344 g/mol. The summed E-state index contributed by atoms with van der Waals surface area (Å²) >= 11 is 4.57. The molecule has 0 bridgehead atoms. The highest BCUT2D eigenvalue weighted by atomic mass is 79.9. The molecule has 0 aliphatic carbocycles. The summed E-state index contributed by atoms with van der Waals surface area (Å²) in [4.78, 5) is 23.6. The minimum absolute atomic E-state index is 0.562. The summed E-state index contributed by atoms with van der Waals surface area (Å²) < 4.78 is 0.894. The molecule has 3 N–H and O–H groups in total. The van der Waals surface area contributed by atoms with E-state index in [9.17, 15) is 9.59 Å². The Morgan fingerprint density at radius 2 is 1.90 bits per heavy atom. The molecule has 5 nitrogen and oxygen atoms in total. The van der Waals surface area contributed by atoms with Gasteiger partial charge in [-0.05, 0) is 35.7 Å². The second-order valence-corrected chi connectivity index (χ2v) is 5.79. The highest BCUT2D eigenvalue weighted by Gasteiger charge is 2.22. The zero-order valence-corrected chi connectivity index (χ0v) is 12.6. The summed E-state index contributed by atoms with van der Waals surface area (Å²) in [5, 5.41) is 15.9. The number of amides is 2. The van der Waals surface area contributed by atoms with Gasteiger partial charge in [0.2, 0.25) is 0 Å². The molecule has 0 saturated carbocycles. The quantitative estimate of drug-likeness (QED) is 0.786. The minimum atomic E-state index is -1.10. The van der Waals surface area contributed by atoms with Crippen molar-refractivity contribution in [2.24, 2.45) is 0 Å². The van der Waals surface area contributed by atoms with Crippen molar-refractivity contribution < 1.29 is 14.7 Å². The van der Waals surface area contributed by atoms with E-state index in [0.29, 0.717) is 10.6 Å². The van der Waals surface area contributed by atoms with Crippen LogP contribution < -0.4 is 10.6 Å². The number of carbonyl (C=O) groups excluding carboxylic acids is 1. The maximum Gasteiger partial charge on any atom is 0.331 e. The Morgan fingerprint density at radius 3 is 2.45 bits per heavy atom. The lowest BCUT2D eigenvalue weighted by Gasteiger charge is -2.13. The van der Waals surface area contributed by atoms with Crippen LogP contribution in [0.25, 0.3) is 0 Å². The lowest BCUT2D eigenvalue weighted by molar-refractivity contribution is -0.139. The first-order valence-corrected chi connectivity index (χ1v) is 7.33. The Kier molecular flexibility index (Phi) is 4.75. The molecule has 104 valence electrons. The zero-order valence-electron chi connectivity index (χ0n) is 10.2. The first-order chi connectivity index (χ1) is 9.56. The topological polar surface area (TPSA) is 78.4 Å². The number of carboxylic acid groups (broad SMARTS) is 1. The van der Waals surface area contributed by atoms with Crippen LogP contribution in [-0.2, 0) is 4.79 Å². The first kappa shape index (κ1) is 14.5. The number of hydrogen-bond donors (Lipinski definition) is 3. The van der Waals surface area contributed by atoms with E-state index in [2.05, 4.69) is 26.6 Å². The number of carboxylic acids is 1. The van der Waals surface area contributed by atoms with Crippen molar-refractivity contribution in [3.63, 3.8) is 0 Å². The van der Waals surface area contributed by atoms with Gasteiger partial charge in [-0.2, -0.15) is 0 Å². The van der Waals surface area contributed by atoms with Gasteiger partial charge in [-0.3, -0.25) is 0 Å². The van der Waals surface area contributed by atoms with Gasteiger partial charge >= 0.3 is 12.0 Å². The summed E-state index contributed by atoms with van der Waals surface area (Å²) in [6, 6.07) is 8.79. The molecule has 1 unspecified atom stereocenters. The second-order valence-electron chi connectivity index (χ2n) is 3.89. The number of thiophene rings is 1. The molecule has 0 aliphatic rings. The Morgan fingerprint density at radius 1 is 1.20 bits per heavy atom. The fraction of sp³-hybridized carbons (Fsp3) is 0.0769. The number of halogens is 1. The highest BCUT2D eigenvalue weighted by molar-refractivity contribution is 9.10. The largest absolute Gasteiger partial charge is 0.479 e. The van der Waals surface area contributed by atoms with Crippen LogP contribution in [0.5, 0.6) is 0 Å². The Labute approximate surface area is 127 Å². The molecule has 1 aromatic carbocycles. The SMILES string of the molecule is O=C(Nc1ccc(Br)cc1)NC(C(=O)O)c1cccs1. The zero-order chi connectivity index (χ0) is 14.5. The molecule has 0 spiro atoms. The Bertz CT molecular complexity index is 599. The van der Waals surface area contributed by atoms with E-state index < -0.39 is 18.0 Å². The predicted octanol–water partition coefficient (Wildman–Crippen LogP) is 3.46. The third kappa shape index (κ3) is 3.82. The van der Waals surface area contributed by atoms with Gasteiger partial charge in [0.1, 0.15) is 0 Å². The number of benzene rings is 1. The lowest BCUT2D eigenvalue weighted by Crippen LogP contribution is -2.36. The summed E-state index contributed by atoms with van der Waals surface area (Å²) in [5.41, 5.74) is 0.584. The lowest BCUT2D eigenvalue weighted by atomic mass is 10.2. The third-order valence-electron chi connectivity index (χ3n) is 2.45. The van der Waals surface area contributed by atoms with Crippen molar-refractivity contribution >= 4 is 45.0 Å². The summed E-state index contributed by atoms with van der Waals surface area (Å²) in [5.74, 6) is -1.10. The number of aliphatic carboxylic acids is 1. The van der Waals surface area contributed by atoms with Crippen molar-refractivity contribution in [2.75, 3.05) is 5.32 Å².